The predicted octanol–water partition coefficient (Wildman–Crippen LogP) is 3.69. The summed E-state index contributed by atoms with van der Waals surface area (Å²) in [6.45, 7) is 0. The average Bonchev–Trinajstić information content (AvgIpc) is 2.81. The summed E-state index contributed by atoms with van der Waals surface area (Å²) in [5.74, 6) is -0.770. The van der Waals surface area contributed by atoms with Crippen LogP contribution in [0.1, 0.15) is 20.8 Å². The number of rotatable bonds is 1. The summed E-state index contributed by atoms with van der Waals surface area (Å²) >= 11 is 6.20. The molecule has 0 fully saturated rings. The summed E-state index contributed by atoms with van der Waals surface area (Å²) in [7, 11) is 0. The second-order valence-corrected chi connectivity index (χ2v) is 5.36. The van der Waals surface area contributed by atoms with Crippen molar-refractivity contribution in [3.8, 4) is 0 Å². The Morgan fingerprint density at radius 3 is 2.41 bits per heavy atom. The van der Waals surface area contributed by atoms with E-state index in [1.165, 1.54) is 6.20 Å². The lowest BCUT2D eigenvalue weighted by Crippen LogP contribution is -2.29. The quantitative estimate of drug-likeness (QED) is 0.644. The fourth-order valence-electron chi connectivity index (χ4n) is 2.73. The highest BCUT2D eigenvalue weighted by atomic mass is 35.5. The molecule has 1 aliphatic heterocycles. The summed E-state index contributed by atoms with van der Waals surface area (Å²) < 4.78 is 0. The maximum absolute atomic E-state index is 12.6. The molecule has 106 valence electrons. The Balaban J connectivity index is 1.97. The van der Waals surface area contributed by atoms with Gasteiger partial charge in [-0.2, -0.15) is 0 Å². The summed E-state index contributed by atoms with van der Waals surface area (Å²) in [5, 5.41) is 2.13. The van der Waals surface area contributed by atoms with Crippen LogP contribution in [0.3, 0.4) is 0 Å². The SMILES string of the molecule is O=C1c2cccnc2C(=O)N1c1ccc(Cl)c2ccccc12. The van der Waals surface area contributed by atoms with Crippen LogP contribution in [0.5, 0.6) is 0 Å². The smallest absolute Gasteiger partial charge is 0.268 e. The lowest BCUT2D eigenvalue weighted by atomic mass is 10.1. The summed E-state index contributed by atoms with van der Waals surface area (Å²) in [4.78, 5) is 30.3. The van der Waals surface area contributed by atoms with Crippen LogP contribution in [0.2, 0.25) is 5.02 Å². The van der Waals surface area contributed by atoms with Crippen LogP contribution in [-0.4, -0.2) is 16.8 Å². The van der Waals surface area contributed by atoms with Gasteiger partial charge in [0, 0.05) is 22.0 Å². The van der Waals surface area contributed by atoms with Gasteiger partial charge < -0.3 is 0 Å². The second-order valence-electron chi connectivity index (χ2n) is 4.96. The zero-order chi connectivity index (χ0) is 15.3. The fourth-order valence-corrected chi connectivity index (χ4v) is 2.95. The third kappa shape index (κ3) is 1.68. The average molecular weight is 309 g/mol. The van der Waals surface area contributed by atoms with Crippen molar-refractivity contribution >= 4 is 39.9 Å². The largest absolute Gasteiger partial charge is 0.284 e. The van der Waals surface area contributed by atoms with Crippen LogP contribution in [0, 0.1) is 0 Å². The second kappa shape index (κ2) is 4.64. The zero-order valence-corrected chi connectivity index (χ0v) is 12.0. The van der Waals surface area contributed by atoms with E-state index in [0.29, 0.717) is 16.3 Å². The van der Waals surface area contributed by atoms with Gasteiger partial charge in [0.05, 0.1) is 11.3 Å². The van der Waals surface area contributed by atoms with Crippen molar-refractivity contribution in [1.82, 2.24) is 4.98 Å². The minimum Gasteiger partial charge on any atom is -0.268 e. The minimum atomic E-state index is -0.409. The van der Waals surface area contributed by atoms with Crippen LogP contribution < -0.4 is 4.90 Å². The number of carbonyl (C=O) groups is 2. The van der Waals surface area contributed by atoms with Crippen molar-refractivity contribution in [1.29, 1.82) is 0 Å². The van der Waals surface area contributed by atoms with Gasteiger partial charge in [0.2, 0.25) is 0 Å². The lowest BCUT2D eigenvalue weighted by molar-refractivity contribution is 0.0925. The van der Waals surface area contributed by atoms with E-state index in [1.807, 2.05) is 24.3 Å². The Hall–Kier alpha value is -2.72. The summed E-state index contributed by atoms with van der Waals surface area (Å²) in [6, 6.07) is 14.0. The van der Waals surface area contributed by atoms with Crippen molar-refractivity contribution < 1.29 is 9.59 Å². The van der Waals surface area contributed by atoms with Gasteiger partial charge in [-0.15, -0.1) is 0 Å². The Labute approximate surface area is 131 Å². The molecule has 3 aromatic rings. The van der Waals surface area contributed by atoms with E-state index in [-0.39, 0.29) is 11.6 Å². The molecular weight excluding hydrogens is 300 g/mol. The molecule has 0 bridgehead atoms. The number of halogens is 1. The van der Waals surface area contributed by atoms with Crippen molar-refractivity contribution in [3.05, 3.63) is 71.0 Å². The zero-order valence-electron chi connectivity index (χ0n) is 11.3. The van der Waals surface area contributed by atoms with Crippen LogP contribution in [0.15, 0.2) is 54.7 Å². The number of hydrogen-bond acceptors (Lipinski definition) is 3. The van der Waals surface area contributed by atoms with Gasteiger partial charge in [-0.1, -0.05) is 35.9 Å². The molecule has 0 saturated heterocycles. The van der Waals surface area contributed by atoms with E-state index in [4.69, 9.17) is 11.6 Å². The van der Waals surface area contributed by atoms with E-state index in [2.05, 4.69) is 4.98 Å². The molecule has 1 aliphatic rings. The van der Waals surface area contributed by atoms with Gasteiger partial charge in [0.15, 0.2) is 0 Å². The van der Waals surface area contributed by atoms with Gasteiger partial charge in [-0.25, -0.2) is 4.90 Å². The number of carbonyl (C=O) groups excluding carboxylic acids is 2. The number of imide groups is 1. The topological polar surface area (TPSA) is 50.3 Å². The van der Waals surface area contributed by atoms with Crippen molar-refractivity contribution in [2.45, 2.75) is 0 Å². The third-order valence-corrected chi connectivity index (χ3v) is 4.07. The highest BCUT2D eigenvalue weighted by molar-refractivity contribution is 6.38. The molecular formula is C17H9ClN2O2. The molecule has 1 aromatic heterocycles. The highest BCUT2D eigenvalue weighted by Gasteiger charge is 2.38. The first-order valence-corrected chi connectivity index (χ1v) is 7.07. The number of fused-ring (bicyclic) bond motifs is 2. The minimum absolute atomic E-state index is 0.187. The Morgan fingerprint density at radius 1 is 0.864 bits per heavy atom. The van der Waals surface area contributed by atoms with E-state index in [9.17, 15) is 9.59 Å². The maximum Gasteiger partial charge on any atom is 0.284 e. The van der Waals surface area contributed by atoms with Gasteiger partial charge >= 0.3 is 0 Å². The standard InChI is InChI=1S/C17H9ClN2O2/c18-13-7-8-14(11-5-2-1-4-10(11)13)20-16(21)12-6-3-9-19-15(12)17(20)22/h1-9H. The van der Waals surface area contributed by atoms with E-state index in [0.717, 1.165) is 15.7 Å². The number of amides is 2. The predicted molar refractivity (Wildman–Crippen MR) is 84.3 cm³/mol. The molecule has 0 atom stereocenters. The Bertz CT molecular complexity index is 917. The van der Waals surface area contributed by atoms with Crippen LogP contribution >= 0.6 is 11.6 Å². The van der Waals surface area contributed by atoms with Crippen LogP contribution in [0.4, 0.5) is 5.69 Å². The number of anilines is 1. The fraction of sp³-hybridized carbons (Fsp3) is 0. The van der Waals surface area contributed by atoms with Gasteiger partial charge in [0.1, 0.15) is 5.69 Å². The molecule has 0 unspecified atom stereocenters. The van der Waals surface area contributed by atoms with Crippen LogP contribution in [-0.2, 0) is 0 Å². The molecule has 0 N–H and O–H groups in total. The van der Waals surface area contributed by atoms with Gasteiger partial charge in [0.25, 0.3) is 11.8 Å². The summed E-state index contributed by atoms with van der Waals surface area (Å²) in [6.07, 6.45) is 1.51. The molecule has 5 heteroatoms. The molecule has 4 rings (SSSR count). The van der Waals surface area contributed by atoms with Crippen molar-refractivity contribution in [3.63, 3.8) is 0 Å². The first kappa shape index (κ1) is 13.0. The lowest BCUT2D eigenvalue weighted by Gasteiger charge is -2.16. The summed E-state index contributed by atoms with van der Waals surface area (Å²) in [5.41, 5.74) is 1.03. The molecule has 0 saturated carbocycles. The van der Waals surface area contributed by atoms with Crippen LogP contribution in [0.25, 0.3) is 10.8 Å². The molecule has 22 heavy (non-hydrogen) atoms. The van der Waals surface area contributed by atoms with Gasteiger partial charge in [-0.3, -0.25) is 14.6 Å². The number of pyridine rings is 1. The van der Waals surface area contributed by atoms with Crippen molar-refractivity contribution in [2.24, 2.45) is 0 Å². The molecule has 4 nitrogen and oxygen atoms in total. The van der Waals surface area contributed by atoms with E-state index >= 15 is 0 Å². The molecule has 2 heterocycles. The highest BCUT2D eigenvalue weighted by Crippen LogP contribution is 2.35. The Morgan fingerprint density at radius 2 is 1.64 bits per heavy atom. The van der Waals surface area contributed by atoms with Gasteiger partial charge in [-0.05, 0) is 24.3 Å². The van der Waals surface area contributed by atoms with E-state index in [1.54, 1.807) is 24.3 Å². The number of aromatic nitrogens is 1. The number of nitrogens with zero attached hydrogens (tertiary/aromatic N) is 2. The molecule has 2 aromatic carbocycles. The normalized spacial score (nSPS) is 13.8. The van der Waals surface area contributed by atoms with Crippen molar-refractivity contribution in [2.75, 3.05) is 4.90 Å². The molecule has 0 radical (unpaired) electrons. The molecule has 0 spiro atoms. The number of hydrogen-bond donors (Lipinski definition) is 0. The third-order valence-electron chi connectivity index (χ3n) is 3.74. The Kier molecular flexibility index (Phi) is 2.74. The first-order chi connectivity index (χ1) is 10.7. The molecule has 0 aliphatic carbocycles. The number of benzene rings is 2. The first-order valence-electron chi connectivity index (χ1n) is 6.69. The maximum atomic E-state index is 12.6. The van der Waals surface area contributed by atoms with E-state index < -0.39 is 5.91 Å². The molecule has 2 amide bonds. The monoisotopic (exact) mass is 308 g/mol.